The molecule has 21 heavy (non-hydrogen) atoms. The molecule has 7 nitrogen and oxygen atoms in total. The highest BCUT2D eigenvalue weighted by Gasteiger charge is 2.19. The van der Waals surface area contributed by atoms with E-state index in [9.17, 15) is 8.42 Å². The van der Waals surface area contributed by atoms with Crippen LogP contribution in [-0.4, -0.2) is 35.3 Å². The minimum absolute atomic E-state index is 0.228. The Morgan fingerprint density at radius 1 is 1.48 bits per heavy atom. The second-order valence-electron chi connectivity index (χ2n) is 4.27. The van der Waals surface area contributed by atoms with Crippen LogP contribution in [0, 0.1) is 0 Å². The van der Waals surface area contributed by atoms with E-state index >= 15 is 0 Å². The quantitative estimate of drug-likeness (QED) is 0.559. The maximum Gasteiger partial charge on any atom is 0.271 e. The average Bonchev–Trinajstić information content (AvgIpc) is 2.96. The van der Waals surface area contributed by atoms with Gasteiger partial charge in [-0.25, -0.2) is 13.6 Å². The standard InChI is InChI=1S/C12H18N2O5S2/c1-3-18-5-4-14-11(17-2)9-6-8-7-10(21(13,15)16)19-12(8)20-9/h6-7,11,14H,3-5H2,1-2H3,(H2,13,15,16). The molecule has 1 unspecified atom stereocenters. The van der Waals surface area contributed by atoms with Crippen molar-refractivity contribution in [3.63, 3.8) is 0 Å². The van der Waals surface area contributed by atoms with Crippen molar-refractivity contribution in [3.05, 3.63) is 17.0 Å². The number of primary sulfonamides is 1. The van der Waals surface area contributed by atoms with Gasteiger partial charge in [0.25, 0.3) is 10.0 Å². The van der Waals surface area contributed by atoms with E-state index in [-0.39, 0.29) is 11.3 Å². The Morgan fingerprint density at radius 2 is 2.24 bits per heavy atom. The number of nitrogens with one attached hydrogen (secondary N) is 1. The van der Waals surface area contributed by atoms with Crippen molar-refractivity contribution in [1.82, 2.24) is 5.32 Å². The number of ether oxygens (including phenoxy) is 2. The fourth-order valence-corrected chi connectivity index (χ4v) is 3.41. The second kappa shape index (κ2) is 6.86. The van der Waals surface area contributed by atoms with E-state index in [0.29, 0.717) is 30.0 Å². The molecule has 0 bridgehead atoms. The first-order valence-corrected chi connectivity index (χ1v) is 8.72. The summed E-state index contributed by atoms with van der Waals surface area (Å²) in [5, 5.41) is 8.68. The number of nitrogens with two attached hydrogens (primary N) is 1. The Kier molecular flexibility index (Phi) is 5.36. The zero-order valence-corrected chi connectivity index (χ0v) is 13.4. The van der Waals surface area contributed by atoms with Crippen LogP contribution in [0.1, 0.15) is 18.0 Å². The van der Waals surface area contributed by atoms with Crippen molar-refractivity contribution in [3.8, 4) is 0 Å². The largest absolute Gasteiger partial charge is 0.433 e. The third-order valence-corrected chi connectivity index (χ3v) is 4.60. The number of thiophene rings is 1. The molecule has 0 fully saturated rings. The highest BCUT2D eigenvalue weighted by atomic mass is 32.2. The molecular weight excluding hydrogens is 316 g/mol. The monoisotopic (exact) mass is 334 g/mol. The van der Waals surface area contributed by atoms with Gasteiger partial charge in [-0.1, -0.05) is 11.3 Å². The summed E-state index contributed by atoms with van der Waals surface area (Å²) in [5.74, 6) is 0. The van der Waals surface area contributed by atoms with Crippen LogP contribution in [0.5, 0.6) is 0 Å². The Labute approximate surface area is 127 Å². The molecule has 2 rings (SSSR count). The first-order chi connectivity index (χ1) is 9.95. The van der Waals surface area contributed by atoms with Gasteiger partial charge in [0.05, 0.1) is 11.5 Å². The molecule has 1 atom stereocenters. The van der Waals surface area contributed by atoms with Crippen molar-refractivity contribution in [1.29, 1.82) is 0 Å². The van der Waals surface area contributed by atoms with Crippen LogP contribution in [0.25, 0.3) is 10.3 Å². The highest BCUT2D eigenvalue weighted by molar-refractivity contribution is 7.89. The first-order valence-electron chi connectivity index (χ1n) is 6.35. The molecule has 0 amide bonds. The van der Waals surface area contributed by atoms with Crippen LogP contribution in [0.15, 0.2) is 21.6 Å². The molecule has 0 aliphatic heterocycles. The van der Waals surface area contributed by atoms with Crippen molar-refractivity contribution in [2.75, 3.05) is 26.9 Å². The van der Waals surface area contributed by atoms with Gasteiger partial charge in [0, 0.05) is 31.7 Å². The predicted octanol–water partition coefficient (Wildman–Crippen LogP) is 1.41. The SMILES string of the molecule is CCOCCNC(OC)c1cc2cc(S(N)(=O)=O)oc2s1. The van der Waals surface area contributed by atoms with Gasteiger partial charge in [-0.3, -0.25) is 5.32 Å². The van der Waals surface area contributed by atoms with E-state index in [1.54, 1.807) is 7.11 Å². The van der Waals surface area contributed by atoms with E-state index in [1.807, 2.05) is 13.0 Å². The maximum atomic E-state index is 11.2. The molecule has 3 N–H and O–H groups in total. The third-order valence-electron chi connectivity index (χ3n) is 2.77. The second-order valence-corrected chi connectivity index (χ2v) is 6.81. The molecular formula is C12H18N2O5S2. The third kappa shape index (κ3) is 4.02. The molecule has 0 aliphatic carbocycles. The predicted molar refractivity (Wildman–Crippen MR) is 79.7 cm³/mol. The van der Waals surface area contributed by atoms with Crippen molar-refractivity contribution < 1.29 is 22.3 Å². The Bertz CT molecular complexity index is 660. The molecule has 0 spiro atoms. The smallest absolute Gasteiger partial charge is 0.271 e. The van der Waals surface area contributed by atoms with E-state index in [4.69, 9.17) is 19.0 Å². The number of furan rings is 1. The summed E-state index contributed by atoms with van der Waals surface area (Å²) in [6.45, 7) is 3.84. The summed E-state index contributed by atoms with van der Waals surface area (Å²) < 4.78 is 38.3. The Balaban J connectivity index is 2.12. The molecule has 118 valence electrons. The van der Waals surface area contributed by atoms with E-state index < -0.39 is 10.0 Å². The maximum absolute atomic E-state index is 11.2. The van der Waals surface area contributed by atoms with Crippen molar-refractivity contribution in [2.24, 2.45) is 5.14 Å². The van der Waals surface area contributed by atoms with Crippen LogP contribution in [0.4, 0.5) is 0 Å². The molecule has 0 aromatic carbocycles. The van der Waals surface area contributed by atoms with Crippen LogP contribution < -0.4 is 10.5 Å². The molecule has 2 aromatic rings. The Hall–Kier alpha value is -0.970. The summed E-state index contributed by atoms with van der Waals surface area (Å²) in [6, 6.07) is 3.23. The normalized spacial score (nSPS) is 13.9. The first kappa shape index (κ1) is 16.4. The molecule has 0 radical (unpaired) electrons. The summed E-state index contributed by atoms with van der Waals surface area (Å²) >= 11 is 1.32. The fourth-order valence-electron chi connectivity index (χ4n) is 1.81. The number of methoxy groups -OCH3 is 1. The van der Waals surface area contributed by atoms with Crippen LogP contribution in [0.2, 0.25) is 0 Å². The zero-order valence-electron chi connectivity index (χ0n) is 11.8. The van der Waals surface area contributed by atoms with Gasteiger partial charge in [0.1, 0.15) is 6.23 Å². The fraction of sp³-hybridized carbons (Fsp3) is 0.500. The van der Waals surface area contributed by atoms with Gasteiger partial charge in [0.15, 0.2) is 4.90 Å². The Morgan fingerprint density at radius 3 is 2.81 bits per heavy atom. The molecule has 0 aliphatic rings. The van der Waals surface area contributed by atoms with Crippen LogP contribution >= 0.6 is 11.3 Å². The molecule has 0 saturated heterocycles. The highest BCUT2D eigenvalue weighted by Crippen LogP contribution is 2.33. The lowest BCUT2D eigenvalue weighted by atomic mass is 10.3. The summed E-state index contributed by atoms with van der Waals surface area (Å²) in [4.78, 5) is 1.39. The number of rotatable bonds is 8. The van der Waals surface area contributed by atoms with E-state index in [1.165, 1.54) is 17.4 Å². The molecule has 9 heteroatoms. The van der Waals surface area contributed by atoms with Gasteiger partial charge in [0.2, 0.25) is 5.09 Å². The molecule has 2 heterocycles. The number of fused-ring (bicyclic) bond motifs is 1. The lowest BCUT2D eigenvalue weighted by Crippen LogP contribution is -2.26. The van der Waals surface area contributed by atoms with Crippen molar-refractivity contribution in [2.45, 2.75) is 18.2 Å². The van der Waals surface area contributed by atoms with Gasteiger partial charge in [-0.05, 0) is 13.0 Å². The van der Waals surface area contributed by atoms with Gasteiger partial charge in [-0.2, -0.15) is 0 Å². The topological polar surface area (TPSA) is 104 Å². The van der Waals surface area contributed by atoms with Gasteiger partial charge in [-0.15, -0.1) is 0 Å². The molecule has 2 aromatic heterocycles. The summed E-state index contributed by atoms with van der Waals surface area (Å²) in [6.07, 6.45) is -0.295. The number of hydrogen-bond acceptors (Lipinski definition) is 7. The van der Waals surface area contributed by atoms with Crippen molar-refractivity contribution >= 4 is 31.6 Å². The summed E-state index contributed by atoms with van der Waals surface area (Å²) in [5.41, 5.74) is 0. The lowest BCUT2D eigenvalue weighted by molar-refractivity contribution is 0.0636. The minimum Gasteiger partial charge on any atom is -0.433 e. The van der Waals surface area contributed by atoms with E-state index in [2.05, 4.69) is 5.32 Å². The minimum atomic E-state index is -3.82. The number of hydrogen-bond donors (Lipinski definition) is 2. The van der Waals surface area contributed by atoms with Gasteiger partial charge >= 0.3 is 0 Å². The summed E-state index contributed by atoms with van der Waals surface area (Å²) in [7, 11) is -2.22. The average molecular weight is 334 g/mol. The number of sulfonamides is 1. The van der Waals surface area contributed by atoms with Gasteiger partial charge < -0.3 is 13.9 Å². The van der Waals surface area contributed by atoms with Crippen LogP contribution in [0.3, 0.4) is 0 Å². The van der Waals surface area contributed by atoms with Crippen LogP contribution in [-0.2, 0) is 19.5 Å². The molecule has 0 saturated carbocycles. The lowest BCUT2D eigenvalue weighted by Gasteiger charge is -2.15. The van der Waals surface area contributed by atoms with E-state index in [0.717, 1.165) is 4.88 Å². The zero-order chi connectivity index (χ0) is 15.5.